The summed E-state index contributed by atoms with van der Waals surface area (Å²) in [6.45, 7) is 3.42. The van der Waals surface area contributed by atoms with Crippen molar-refractivity contribution in [2.75, 3.05) is 6.54 Å². The molecule has 1 nitrogen and oxygen atoms in total. The van der Waals surface area contributed by atoms with Gasteiger partial charge in [0.25, 0.3) is 0 Å². The zero-order valence-electron chi connectivity index (χ0n) is 10.8. The van der Waals surface area contributed by atoms with Crippen LogP contribution in [-0.4, -0.2) is 12.6 Å². The van der Waals surface area contributed by atoms with Crippen LogP contribution < -0.4 is 5.32 Å². The van der Waals surface area contributed by atoms with Crippen molar-refractivity contribution < 1.29 is 0 Å². The lowest BCUT2D eigenvalue weighted by molar-refractivity contribution is 0.286. The van der Waals surface area contributed by atoms with Gasteiger partial charge in [-0.2, -0.15) is 0 Å². The third-order valence-electron chi connectivity index (χ3n) is 5.39. The molecule has 0 aromatic heterocycles. The lowest BCUT2D eigenvalue weighted by Crippen LogP contribution is -2.31. The largest absolute Gasteiger partial charge is 0.314 e. The number of hydrogen-bond acceptors (Lipinski definition) is 1. The van der Waals surface area contributed by atoms with Gasteiger partial charge in [0.1, 0.15) is 0 Å². The van der Waals surface area contributed by atoms with Crippen LogP contribution in [0.15, 0.2) is 0 Å². The number of nitrogens with one attached hydrogen (secondary N) is 1. The second kappa shape index (κ2) is 4.68. The van der Waals surface area contributed by atoms with Gasteiger partial charge in [0.05, 0.1) is 0 Å². The molecule has 0 aromatic rings. The lowest BCUT2D eigenvalue weighted by atomic mass is 9.84. The molecule has 3 aliphatic rings. The number of rotatable bonds is 6. The molecular weight excluding hydrogens is 194 g/mol. The fraction of sp³-hybridized carbons (Fsp3) is 1.00. The zero-order valence-corrected chi connectivity index (χ0v) is 10.8. The Hall–Kier alpha value is -0.0400. The van der Waals surface area contributed by atoms with E-state index in [2.05, 4.69) is 12.2 Å². The van der Waals surface area contributed by atoms with Gasteiger partial charge in [0, 0.05) is 6.04 Å². The molecule has 4 atom stereocenters. The number of hydrogen-bond donors (Lipinski definition) is 1. The Bertz CT molecular complexity index is 232. The number of fused-ring (bicyclic) bond motifs is 2. The molecule has 0 aromatic carbocycles. The highest BCUT2D eigenvalue weighted by Crippen LogP contribution is 2.50. The summed E-state index contributed by atoms with van der Waals surface area (Å²) in [5.41, 5.74) is 0. The van der Waals surface area contributed by atoms with E-state index in [0.29, 0.717) is 0 Å². The highest BCUT2D eigenvalue weighted by atomic mass is 14.9. The monoisotopic (exact) mass is 221 g/mol. The molecule has 0 radical (unpaired) electrons. The van der Waals surface area contributed by atoms with E-state index in [1.165, 1.54) is 25.7 Å². The first kappa shape index (κ1) is 11.1. The third kappa shape index (κ3) is 2.30. The molecule has 0 amide bonds. The van der Waals surface area contributed by atoms with Crippen molar-refractivity contribution in [1.29, 1.82) is 0 Å². The molecule has 0 aliphatic heterocycles. The Morgan fingerprint density at radius 3 is 2.56 bits per heavy atom. The molecule has 0 saturated heterocycles. The Morgan fingerprint density at radius 2 is 2.00 bits per heavy atom. The summed E-state index contributed by atoms with van der Waals surface area (Å²) in [7, 11) is 0. The van der Waals surface area contributed by atoms with Gasteiger partial charge in [-0.3, -0.25) is 0 Å². The minimum absolute atomic E-state index is 0.865. The Labute approximate surface area is 100 Å². The first-order chi connectivity index (χ1) is 7.86. The summed E-state index contributed by atoms with van der Waals surface area (Å²) in [4.78, 5) is 0. The van der Waals surface area contributed by atoms with Crippen molar-refractivity contribution in [1.82, 2.24) is 5.32 Å². The van der Waals surface area contributed by atoms with Gasteiger partial charge >= 0.3 is 0 Å². The molecule has 1 N–H and O–H groups in total. The van der Waals surface area contributed by atoms with E-state index in [9.17, 15) is 0 Å². The molecule has 0 spiro atoms. The highest BCUT2D eigenvalue weighted by molar-refractivity contribution is 4.92. The van der Waals surface area contributed by atoms with Gasteiger partial charge in [-0.15, -0.1) is 0 Å². The van der Waals surface area contributed by atoms with Crippen LogP contribution in [0, 0.1) is 23.7 Å². The van der Waals surface area contributed by atoms with Crippen LogP contribution in [0.25, 0.3) is 0 Å². The van der Waals surface area contributed by atoms with E-state index in [1.54, 1.807) is 25.7 Å². The van der Waals surface area contributed by atoms with Crippen LogP contribution in [0.3, 0.4) is 0 Å². The molecule has 1 heteroatoms. The molecule has 3 fully saturated rings. The van der Waals surface area contributed by atoms with Crippen molar-refractivity contribution in [3.8, 4) is 0 Å². The van der Waals surface area contributed by atoms with Crippen LogP contribution in [0.4, 0.5) is 0 Å². The van der Waals surface area contributed by atoms with E-state index in [1.807, 2.05) is 0 Å². The van der Waals surface area contributed by atoms with Crippen LogP contribution in [0.1, 0.15) is 58.3 Å². The van der Waals surface area contributed by atoms with Gasteiger partial charge in [-0.1, -0.05) is 13.3 Å². The third-order valence-corrected chi connectivity index (χ3v) is 5.39. The fourth-order valence-electron chi connectivity index (χ4n) is 4.39. The predicted molar refractivity (Wildman–Crippen MR) is 68.4 cm³/mol. The van der Waals surface area contributed by atoms with Gasteiger partial charge in [0.2, 0.25) is 0 Å². The molecule has 4 unspecified atom stereocenters. The van der Waals surface area contributed by atoms with Crippen LogP contribution >= 0.6 is 0 Å². The van der Waals surface area contributed by atoms with Gasteiger partial charge in [-0.25, -0.2) is 0 Å². The standard InChI is InChI=1S/C15H27N/c1-2-16-15(12-5-6-12)8-7-14-10-11-3-4-13(14)9-11/h11-16H,2-10H2,1H3. The Morgan fingerprint density at radius 1 is 1.12 bits per heavy atom. The van der Waals surface area contributed by atoms with Gasteiger partial charge in [0.15, 0.2) is 0 Å². The predicted octanol–water partition coefficient (Wildman–Crippen LogP) is 3.59. The van der Waals surface area contributed by atoms with E-state index < -0.39 is 0 Å². The molecule has 92 valence electrons. The average molecular weight is 221 g/mol. The minimum atomic E-state index is 0.865. The highest BCUT2D eigenvalue weighted by Gasteiger charge is 2.40. The van der Waals surface area contributed by atoms with E-state index in [4.69, 9.17) is 0 Å². The minimum Gasteiger partial charge on any atom is -0.314 e. The van der Waals surface area contributed by atoms with Crippen LogP contribution in [-0.2, 0) is 0 Å². The van der Waals surface area contributed by atoms with Crippen LogP contribution in [0.5, 0.6) is 0 Å². The smallest absolute Gasteiger partial charge is 0.00953 e. The van der Waals surface area contributed by atoms with Crippen molar-refractivity contribution >= 4 is 0 Å². The summed E-state index contributed by atoms with van der Waals surface area (Å²) < 4.78 is 0. The molecular formula is C15H27N. The molecule has 16 heavy (non-hydrogen) atoms. The van der Waals surface area contributed by atoms with Gasteiger partial charge < -0.3 is 5.32 Å². The SMILES string of the molecule is CCNC(CCC1CC2CCC1C2)C1CC1. The van der Waals surface area contributed by atoms with Crippen molar-refractivity contribution in [3.05, 3.63) is 0 Å². The summed E-state index contributed by atoms with van der Waals surface area (Å²) in [6, 6.07) is 0.865. The Kier molecular flexibility index (Phi) is 3.24. The molecule has 3 saturated carbocycles. The topological polar surface area (TPSA) is 12.0 Å². The van der Waals surface area contributed by atoms with E-state index in [0.717, 1.165) is 36.3 Å². The Balaban J connectivity index is 1.44. The van der Waals surface area contributed by atoms with E-state index >= 15 is 0 Å². The maximum Gasteiger partial charge on any atom is 0.00953 e. The maximum absolute atomic E-state index is 3.71. The second-order valence-electron chi connectivity index (χ2n) is 6.51. The molecule has 0 heterocycles. The van der Waals surface area contributed by atoms with E-state index in [-0.39, 0.29) is 0 Å². The average Bonchev–Trinajstić information content (AvgIpc) is 2.93. The summed E-state index contributed by atoms with van der Waals surface area (Å²) in [6.07, 6.45) is 12.3. The summed E-state index contributed by atoms with van der Waals surface area (Å²) in [5, 5.41) is 3.71. The first-order valence-corrected chi connectivity index (χ1v) is 7.60. The fourth-order valence-corrected chi connectivity index (χ4v) is 4.39. The van der Waals surface area contributed by atoms with Crippen molar-refractivity contribution in [2.24, 2.45) is 23.7 Å². The lowest BCUT2D eigenvalue weighted by Gasteiger charge is -2.24. The zero-order chi connectivity index (χ0) is 11.0. The molecule has 3 rings (SSSR count). The molecule has 3 aliphatic carbocycles. The normalized spacial score (nSPS) is 39.2. The summed E-state index contributed by atoms with van der Waals surface area (Å²) >= 11 is 0. The summed E-state index contributed by atoms with van der Waals surface area (Å²) in [5.74, 6) is 4.41. The second-order valence-corrected chi connectivity index (χ2v) is 6.51. The van der Waals surface area contributed by atoms with Gasteiger partial charge in [-0.05, 0) is 75.2 Å². The van der Waals surface area contributed by atoms with Crippen molar-refractivity contribution in [2.45, 2.75) is 64.3 Å². The quantitative estimate of drug-likeness (QED) is 0.723. The maximum atomic E-state index is 3.71. The van der Waals surface area contributed by atoms with Crippen LogP contribution in [0.2, 0.25) is 0 Å². The first-order valence-electron chi connectivity index (χ1n) is 7.60. The van der Waals surface area contributed by atoms with Crippen molar-refractivity contribution in [3.63, 3.8) is 0 Å². The molecule has 2 bridgehead atoms.